The van der Waals surface area contributed by atoms with Crippen LogP contribution in [-0.4, -0.2) is 37.5 Å². The van der Waals surface area contributed by atoms with Crippen molar-refractivity contribution in [1.82, 2.24) is 10.4 Å². The molecule has 122 valence electrons. The van der Waals surface area contributed by atoms with Gasteiger partial charge in [0.05, 0.1) is 5.56 Å². The van der Waals surface area contributed by atoms with Gasteiger partial charge in [0.25, 0.3) is 11.8 Å². The van der Waals surface area contributed by atoms with Crippen molar-refractivity contribution in [3.8, 4) is 5.75 Å². The number of hydrazine groups is 1. The lowest BCUT2D eigenvalue weighted by Gasteiger charge is -2.12. The zero-order valence-electron chi connectivity index (χ0n) is 12.6. The summed E-state index contributed by atoms with van der Waals surface area (Å²) in [4.78, 5) is 23.9. The van der Waals surface area contributed by atoms with Gasteiger partial charge < -0.3 is 10.1 Å². The van der Waals surface area contributed by atoms with E-state index >= 15 is 0 Å². The van der Waals surface area contributed by atoms with Crippen LogP contribution in [0.1, 0.15) is 10.4 Å². The number of hydrogen-bond acceptors (Lipinski definition) is 5. The van der Waals surface area contributed by atoms with Crippen molar-refractivity contribution in [3.63, 3.8) is 0 Å². The van der Waals surface area contributed by atoms with Crippen molar-refractivity contribution in [3.05, 3.63) is 46.3 Å². The molecule has 8 heteroatoms. The van der Waals surface area contributed by atoms with Crippen LogP contribution in [0.5, 0.6) is 5.75 Å². The van der Waals surface area contributed by atoms with E-state index in [4.69, 9.17) is 16.3 Å². The molecule has 0 radical (unpaired) electrons. The first-order valence-corrected chi connectivity index (χ1v) is 7.95. The van der Waals surface area contributed by atoms with E-state index in [0.717, 1.165) is 0 Å². The van der Waals surface area contributed by atoms with Crippen molar-refractivity contribution >= 4 is 39.8 Å². The molecule has 1 heterocycles. The van der Waals surface area contributed by atoms with Gasteiger partial charge in [0.2, 0.25) is 0 Å². The molecule has 0 bridgehead atoms. The Labute approximate surface area is 143 Å². The highest BCUT2D eigenvalue weighted by Crippen LogP contribution is 2.23. The fourth-order valence-electron chi connectivity index (χ4n) is 1.69. The van der Waals surface area contributed by atoms with Crippen molar-refractivity contribution < 1.29 is 14.3 Å². The number of amides is 2. The van der Waals surface area contributed by atoms with Crippen LogP contribution >= 0.6 is 22.9 Å². The fourth-order valence-corrected chi connectivity index (χ4v) is 2.62. The normalized spacial score (nSPS) is 10.4. The predicted molar refractivity (Wildman–Crippen MR) is 91.0 cm³/mol. The maximum absolute atomic E-state index is 12.0. The zero-order chi connectivity index (χ0) is 16.8. The van der Waals surface area contributed by atoms with E-state index in [0.29, 0.717) is 21.3 Å². The maximum Gasteiger partial charge on any atom is 0.268 e. The summed E-state index contributed by atoms with van der Waals surface area (Å²) in [6.07, 6.45) is 0. The Bertz CT molecular complexity index is 686. The first-order valence-electron chi connectivity index (χ1n) is 6.69. The van der Waals surface area contributed by atoms with E-state index in [2.05, 4.69) is 10.7 Å². The fraction of sp³-hybridized carbons (Fsp3) is 0.200. The predicted octanol–water partition coefficient (Wildman–Crippen LogP) is 2.63. The number of anilines is 1. The van der Waals surface area contributed by atoms with E-state index in [1.165, 1.54) is 16.3 Å². The zero-order valence-corrected chi connectivity index (χ0v) is 14.2. The number of nitrogens with zero attached hydrogens (tertiary/aromatic N) is 1. The molecule has 0 spiro atoms. The van der Waals surface area contributed by atoms with Gasteiger partial charge in [0, 0.05) is 19.1 Å². The molecule has 23 heavy (non-hydrogen) atoms. The summed E-state index contributed by atoms with van der Waals surface area (Å²) in [7, 11) is 3.42. The second-order valence-corrected chi connectivity index (χ2v) is 6.14. The van der Waals surface area contributed by atoms with Crippen LogP contribution in [0, 0.1) is 0 Å². The molecule has 0 aliphatic heterocycles. The van der Waals surface area contributed by atoms with Gasteiger partial charge in [-0.05, 0) is 35.7 Å². The third-order valence-electron chi connectivity index (χ3n) is 2.67. The molecule has 0 atom stereocenters. The van der Waals surface area contributed by atoms with Crippen molar-refractivity contribution in [2.24, 2.45) is 0 Å². The van der Waals surface area contributed by atoms with Crippen molar-refractivity contribution in [2.75, 3.05) is 26.0 Å². The third-order valence-corrected chi connectivity index (χ3v) is 3.75. The second-order valence-electron chi connectivity index (χ2n) is 4.79. The summed E-state index contributed by atoms with van der Waals surface area (Å²) in [5, 5.41) is 7.02. The molecule has 0 saturated carbocycles. The van der Waals surface area contributed by atoms with E-state index < -0.39 is 0 Å². The molecule has 1 aromatic carbocycles. The van der Waals surface area contributed by atoms with Gasteiger partial charge in [-0.2, -0.15) is 0 Å². The number of halogens is 1. The van der Waals surface area contributed by atoms with E-state index in [-0.39, 0.29) is 18.4 Å². The Morgan fingerprint density at radius 3 is 2.57 bits per heavy atom. The number of rotatable bonds is 6. The van der Waals surface area contributed by atoms with Crippen LogP contribution in [-0.2, 0) is 4.79 Å². The van der Waals surface area contributed by atoms with Crippen LogP contribution in [0.25, 0.3) is 0 Å². The van der Waals surface area contributed by atoms with Gasteiger partial charge in [0.1, 0.15) is 10.8 Å². The van der Waals surface area contributed by atoms with Crippen molar-refractivity contribution in [1.29, 1.82) is 0 Å². The van der Waals surface area contributed by atoms with Crippen LogP contribution < -0.4 is 15.5 Å². The molecule has 0 unspecified atom stereocenters. The molecule has 0 fully saturated rings. The summed E-state index contributed by atoms with van der Waals surface area (Å²) in [6.45, 7) is -0.158. The number of thiophene rings is 1. The largest absolute Gasteiger partial charge is 0.484 e. The van der Waals surface area contributed by atoms with Gasteiger partial charge in [0.15, 0.2) is 6.61 Å². The molecular formula is C15H16ClN3O3S. The molecule has 0 aliphatic carbocycles. The smallest absolute Gasteiger partial charge is 0.268 e. The Hall–Kier alpha value is -2.09. The summed E-state index contributed by atoms with van der Waals surface area (Å²) < 4.78 is 5.36. The van der Waals surface area contributed by atoms with Crippen LogP contribution in [0.2, 0.25) is 5.02 Å². The molecule has 0 saturated heterocycles. The Morgan fingerprint density at radius 1 is 1.22 bits per heavy atom. The maximum atomic E-state index is 12.0. The number of carbonyl (C=O) groups is 2. The molecule has 2 aromatic rings. The van der Waals surface area contributed by atoms with Gasteiger partial charge >= 0.3 is 0 Å². The van der Waals surface area contributed by atoms with Crippen LogP contribution in [0.3, 0.4) is 0 Å². The molecule has 1 aromatic heterocycles. The number of benzene rings is 1. The molecule has 2 amide bonds. The number of ether oxygens (including phenoxy) is 1. The van der Waals surface area contributed by atoms with Gasteiger partial charge in [-0.25, -0.2) is 5.01 Å². The summed E-state index contributed by atoms with van der Waals surface area (Å²) in [6, 6.07) is 8.36. The topological polar surface area (TPSA) is 70.7 Å². The lowest BCUT2D eigenvalue weighted by Crippen LogP contribution is -2.36. The van der Waals surface area contributed by atoms with E-state index in [1.807, 2.05) is 0 Å². The van der Waals surface area contributed by atoms with E-state index in [9.17, 15) is 9.59 Å². The number of carbonyl (C=O) groups excluding carboxylic acids is 2. The molecule has 2 rings (SSSR count). The average molecular weight is 354 g/mol. The van der Waals surface area contributed by atoms with Gasteiger partial charge in [-0.15, -0.1) is 11.3 Å². The highest BCUT2D eigenvalue weighted by Gasteiger charge is 2.15. The Balaban J connectivity index is 1.92. The van der Waals surface area contributed by atoms with E-state index in [1.54, 1.807) is 49.8 Å². The summed E-state index contributed by atoms with van der Waals surface area (Å²) in [5.41, 5.74) is 3.03. The molecule has 2 N–H and O–H groups in total. The first-order chi connectivity index (χ1) is 11.0. The summed E-state index contributed by atoms with van der Waals surface area (Å²) in [5.74, 6) is -0.0900. The highest BCUT2D eigenvalue weighted by atomic mass is 35.5. The standard InChI is InChI=1S/C15H16ClN3O3S/c1-19(2)18-14(21)12-7-8-23-15(12)17-13(20)9-22-11-5-3-10(16)4-6-11/h3-8H,9H2,1-2H3,(H,17,20)(H,18,21). The first kappa shape index (κ1) is 17.3. The van der Waals surface area contributed by atoms with Gasteiger partial charge in [-0.3, -0.25) is 15.0 Å². The monoisotopic (exact) mass is 353 g/mol. The highest BCUT2D eigenvalue weighted by molar-refractivity contribution is 7.14. The van der Waals surface area contributed by atoms with Crippen LogP contribution in [0.15, 0.2) is 35.7 Å². The van der Waals surface area contributed by atoms with Crippen molar-refractivity contribution in [2.45, 2.75) is 0 Å². The Kier molecular flexibility index (Phi) is 5.97. The molecule has 6 nitrogen and oxygen atoms in total. The average Bonchev–Trinajstić information content (AvgIpc) is 2.94. The minimum atomic E-state index is -0.346. The lowest BCUT2D eigenvalue weighted by molar-refractivity contribution is -0.118. The van der Waals surface area contributed by atoms with Gasteiger partial charge in [-0.1, -0.05) is 11.6 Å². The quantitative estimate of drug-likeness (QED) is 0.783. The minimum absolute atomic E-state index is 0.158. The minimum Gasteiger partial charge on any atom is -0.484 e. The number of hydrogen-bond donors (Lipinski definition) is 2. The van der Waals surface area contributed by atoms with Crippen LogP contribution in [0.4, 0.5) is 5.00 Å². The number of nitrogens with one attached hydrogen (secondary N) is 2. The SMILES string of the molecule is CN(C)NC(=O)c1ccsc1NC(=O)COc1ccc(Cl)cc1. The summed E-state index contributed by atoms with van der Waals surface area (Å²) >= 11 is 7.05. The second kappa shape index (κ2) is 7.96. The molecular weight excluding hydrogens is 338 g/mol. The third kappa shape index (κ3) is 5.24. The Morgan fingerprint density at radius 2 is 1.91 bits per heavy atom. The molecule has 0 aliphatic rings. The lowest BCUT2D eigenvalue weighted by atomic mass is 10.3.